The van der Waals surface area contributed by atoms with Crippen LogP contribution in [0, 0.1) is 11.6 Å². The number of aromatic nitrogens is 2. The summed E-state index contributed by atoms with van der Waals surface area (Å²) in [5, 5.41) is 5.37. The molecule has 120 valence electrons. The minimum absolute atomic E-state index is 0.0909. The fourth-order valence-electron chi connectivity index (χ4n) is 1.98. The number of hydrogen-bond acceptors (Lipinski definition) is 4. The molecule has 0 aliphatic heterocycles. The number of nitrogens with zero attached hydrogens (tertiary/aromatic N) is 2. The van der Waals surface area contributed by atoms with E-state index < -0.39 is 17.5 Å². The summed E-state index contributed by atoms with van der Waals surface area (Å²) in [7, 11) is 0. The third kappa shape index (κ3) is 3.70. The van der Waals surface area contributed by atoms with Crippen LogP contribution in [0.25, 0.3) is 0 Å². The smallest absolute Gasteiger partial charge is 0.274 e. The van der Waals surface area contributed by atoms with Crippen molar-refractivity contribution in [2.45, 2.75) is 0 Å². The van der Waals surface area contributed by atoms with Gasteiger partial charge in [0.25, 0.3) is 5.91 Å². The first kappa shape index (κ1) is 15.5. The molecule has 3 aromatic rings. The molecule has 7 heteroatoms. The van der Waals surface area contributed by atoms with E-state index in [4.69, 9.17) is 0 Å². The van der Waals surface area contributed by atoms with Gasteiger partial charge in [-0.2, -0.15) is 0 Å². The molecule has 3 rings (SSSR count). The van der Waals surface area contributed by atoms with E-state index >= 15 is 0 Å². The highest BCUT2D eigenvalue weighted by molar-refractivity contribution is 6.03. The van der Waals surface area contributed by atoms with E-state index in [9.17, 15) is 13.6 Å². The van der Waals surface area contributed by atoms with Crippen LogP contribution >= 0.6 is 0 Å². The molecule has 0 atom stereocenters. The summed E-state index contributed by atoms with van der Waals surface area (Å²) in [5.74, 6) is -1.04. The number of rotatable bonds is 4. The largest absolute Gasteiger partial charge is 0.338 e. The van der Waals surface area contributed by atoms with E-state index in [0.29, 0.717) is 5.69 Å². The Hall–Kier alpha value is -3.35. The maximum atomic E-state index is 13.6. The minimum Gasteiger partial charge on any atom is -0.338 e. The maximum Gasteiger partial charge on any atom is 0.274 e. The van der Waals surface area contributed by atoms with Crippen molar-refractivity contribution >= 4 is 23.1 Å². The summed E-state index contributed by atoms with van der Waals surface area (Å²) >= 11 is 0. The number of benzene rings is 2. The third-order valence-electron chi connectivity index (χ3n) is 3.14. The average Bonchev–Trinajstić information content (AvgIpc) is 2.59. The average molecular weight is 326 g/mol. The summed E-state index contributed by atoms with van der Waals surface area (Å²) in [6.07, 6.45) is 1.20. The summed E-state index contributed by atoms with van der Waals surface area (Å²) in [6, 6.07) is 12.9. The van der Waals surface area contributed by atoms with Gasteiger partial charge in [-0.15, -0.1) is 0 Å². The zero-order valence-electron chi connectivity index (χ0n) is 12.3. The van der Waals surface area contributed by atoms with Gasteiger partial charge in [-0.1, -0.05) is 12.1 Å². The number of hydrogen-bond donors (Lipinski definition) is 2. The van der Waals surface area contributed by atoms with Gasteiger partial charge in [0.05, 0.1) is 5.69 Å². The normalized spacial score (nSPS) is 10.2. The molecule has 0 saturated carbocycles. The maximum absolute atomic E-state index is 13.6. The zero-order valence-corrected chi connectivity index (χ0v) is 12.3. The lowest BCUT2D eigenvalue weighted by Crippen LogP contribution is -2.14. The van der Waals surface area contributed by atoms with Crippen LogP contribution in [-0.4, -0.2) is 15.9 Å². The van der Waals surface area contributed by atoms with Crippen LogP contribution in [0.5, 0.6) is 0 Å². The lowest BCUT2D eigenvalue weighted by molar-refractivity contribution is 0.102. The van der Waals surface area contributed by atoms with Crippen molar-refractivity contribution < 1.29 is 13.6 Å². The molecule has 0 aliphatic rings. The van der Waals surface area contributed by atoms with Gasteiger partial charge in [-0.25, -0.2) is 18.7 Å². The predicted octanol–water partition coefficient (Wildman–Crippen LogP) is 3.75. The van der Waals surface area contributed by atoms with Crippen molar-refractivity contribution in [2.24, 2.45) is 0 Å². The topological polar surface area (TPSA) is 66.9 Å². The Balaban J connectivity index is 1.76. The Bertz CT molecular complexity index is 868. The van der Waals surface area contributed by atoms with Crippen LogP contribution in [0.4, 0.5) is 26.0 Å². The molecule has 0 fully saturated rings. The number of anilines is 3. The van der Waals surface area contributed by atoms with Gasteiger partial charge in [0, 0.05) is 11.8 Å². The van der Waals surface area contributed by atoms with Gasteiger partial charge in [-0.3, -0.25) is 4.79 Å². The summed E-state index contributed by atoms with van der Waals surface area (Å²) in [4.78, 5) is 20.0. The van der Waals surface area contributed by atoms with Crippen molar-refractivity contribution in [1.82, 2.24) is 9.97 Å². The van der Waals surface area contributed by atoms with E-state index in [-0.39, 0.29) is 17.2 Å². The van der Waals surface area contributed by atoms with Gasteiger partial charge in [0.1, 0.15) is 29.5 Å². The monoisotopic (exact) mass is 326 g/mol. The lowest BCUT2D eigenvalue weighted by Gasteiger charge is -2.08. The number of carbonyl (C=O) groups excluding carboxylic acids is 1. The standard InChI is InChI=1S/C17H12F2N4O/c18-11-5-7-12(8-6-11)22-17(24)15-9-16(21-10-20-15)23-14-4-2-1-3-13(14)19/h1-10H,(H,22,24)(H,20,21,23). The second-order valence-electron chi connectivity index (χ2n) is 4.85. The molecule has 0 radical (unpaired) electrons. The number of para-hydroxylation sites is 1. The molecule has 2 N–H and O–H groups in total. The van der Waals surface area contributed by atoms with Gasteiger partial charge in [-0.05, 0) is 36.4 Å². The predicted molar refractivity (Wildman–Crippen MR) is 86.1 cm³/mol. The highest BCUT2D eigenvalue weighted by Gasteiger charge is 2.10. The summed E-state index contributed by atoms with van der Waals surface area (Å²) < 4.78 is 26.5. The quantitative estimate of drug-likeness (QED) is 0.766. The molecular weight excluding hydrogens is 314 g/mol. The first-order valence-electron chi connectivity index (χ1n) is 7.02. The Morgan fingerprint density at radius 3 is 2.46 bits per heavy atom. The Morgan fingerprint density at radius 1 is 0.958 bits per heavy atom. The molecule has 0 bridgehead atoms. The van der Waals surface area contributed by atoms with Gasteiger partial charge in [0.15, 0.2) is 0 Å². The summed E-state index contributed by atoms with van der Waals surface area (Å²) in [6.45, 7) is 0. The highest BCUT2D eigenvalue weighted by atomic mass is 19.1. The second kappa shape index (κ2) is 6.82. The molecule has 2 aromatic carbocycles. The number of nitrogens with one attached hydrogen (secondary N) is 2. The molecule has 5 nitrogen and oxygen atoms in total. The number of halogens is 2. The van der Waals surface area contributed by atoms with Crippen molar-refractivity contribution in [3.63, 3.8) is 0 Å². The second-order valence-corrected chi connectivity index (χ2v) is 4.85. The van der Waals surface area contributed by atoms with Crippen LogP contribution in [0.15, 0.2) is 60.9 Å². The van der Waals surface area contributed by atoms with E-state index in [1.807, 2.05) is 0 Å². The van der Waals surface area contributed by atoms with Gasteiger partial charge in [0.2, 0.25) is 0 Å². The molecule has 1 amide bonds. The SMILES string of the molecule is O=C(Nc1ccc(F)cc1)c1cc(Nc2ccccc2F)ncn1. The van der Waals surface area contributed by atoms with Crippen LogP contribution in [0.1, 0.15) is 10.5 Å². The molecule has 24 heavy (non-hydrogen) atoms. The van der Waals surface area contributed by atoms with E-state index in [0.717, 1.165) is 0 Å². The Morgan fingerprint density at radius 2 is 1.71 bits per heavy atom. The van der Waals surface area contributed by atoms with E-state index in [2.05, 4.69) is 20.6 Å². The Labute approximate surface area is 136 Å². The van der Waals surface area contributed by atoms with E-state index in [1.54, 1.807) is 18.2 Å². The van der Waals surface area contributed by atoms with E-state index in [1.165, 1.54) is 42.7 Å². The molecule has 0 saturated heterocycles. The third-order valence-corrected chi connectivity index (χ3v) is 3.14. The molecule has 0 aliphatic carbocycles. The Kier molecular flexibility index (Phi) is 4.42. The van der Waals surface area contributed by atoms with Gasteiger partial charge < -0.3 is 10.6 Å². The fraction of sp³-hybridized carbons (Fsp3) is 0. The summed E-state index contributed by atoms with van der Waals surface area (Å²) in [5.41, 5.74) is 0.762. The van der Waals surface area contributed by atoms with Crippen molar-refractivity contribution in [3.05, 3.63) is 78.3 Å². The minimum atomic E-state index is -0.486. The van der Waals surface area contributed by atoms with Crippen LogP contribution in [0.3, 0.4) is 0 Å². The molecular formula is C17H12F2N4O. The van der Waals surface area contributed by atoms with Crippen LogP contribution in [0.2, 0.25) is 0 Å². The number of amides is 1. The van der Waals surface area contributed by atoms with Crippen LogP contribution < -0.4 is 10.6 Å². The molecule has 0 unspecified atom stereocenters. The van der Waals surface area contributed by atoms with Crippen LogP contribution in [-0.2, 0) is 0 Å². The molecule has 1 heterocycles. The zero-order chi connectivity index (χ0) is 16.9. The first-order valence-corrected chi connectivity index (χ1v) is 7.02. The van der Waals surface area contributed by atoms with Crippen molar-refractivity contribution in [1.29, 1.82) is 0 Å². The molecule has 0 spiro atoms. The lowest BCUT2D eigenvalue weighted by atomic mass is 10.3. The number of carbonyl (C=O) groups is 1. The van der Waals surface area contributed by atoms with Crippen molar-refractivity contribution in [2.75, 3.05) is 10.6 Å². The highest BCUT2D eigenvalue weighted by Crippen LogP contribution is 2.18. The molecule has 1 aromatic heterocycles. The van der Waals surface area contributed by atoms with Crippen molar-refractivity contribution in [3.8, 4) is 0 Å². The van der Waals surface area contributed by atoms with Gasteiger partial charge >= 0.3 is 0 Å². The first-order chi connectivity index (χ1) is 11.6. The fourth-order valence-corrected chi connectivity index (χ4v) is 1.98.